The van der Waals surface area contributed by atoms with Crippen LogP contribution >= 0.6 is 0 Å². The molecule has 0 aromatic rings. The summed E-state index contributed by atoms with van der Waals surface area (Å²) in [6.45, 7) is 6.38. The van der Waals surface area contributed by atoms with E-state index in [1.54, 1.807) is 0 Å². The Bertz CT molecular complexity index is 167. The Morgan fingerprint density at radius 2 is 2.08 bits per heavy atom. The van der Waals surface area contributed by atoms with Crippen molar-refractivity contribution in [1.29, 1.82) is 0 Å². The molecule has 13 heavy (non-hydrogen) atoms. The molecule has 4 atom stereocenters. The fourth-order valence-corrected chi connectivity index (χ4v) is 3.14. The predicted octanol–water partition coefficient (Wildman–Crippen LogP) is 3.10. The standard InChI is InChI=1S/C12H22O/c1-3-9-5-6-10-7-11(10)12(9)8-13-4-2/h9-12H,3-8H2,1-2H3. The van der Waals surface area contributed by atoms with Gasteiger partial charge in [-0.05, 0) is 49.9 Å². The molecule has 1 nitrogen and oxygen atoms in total. The van der Waals surface area contributed by atoms with Gasteiger partial charge in [0.25, 0.3) is 0 Å². The minimum atomic E-state index is 0.893. The number of rotatable bonds is 4. The van der Waals surface area contributed by atoms with E-state index in [-0.39, 0.29) is 0 Å². The van der Waals surface area contributed by atoms with Crippen LogP contribution in [0.15, 0.2) is 0 Å². The first-order valence-corrected chi connectivity index (χ1v) is 5.94. The molecule has 2 saturated carbocycles. The van der Waals surface area contributed by atoms with Crippen LogP contribution in [-0.4, -0.2) is 13.2 Å². The second-order valence-corrected chi connectivity index (χ2v) is 4.73. The summed E-state index contributed by atoms with van der Waals surface area (Å²) in [5.41, 5.74) is 0. The van der Waals surface area contributed by atoms with E-state index in [2.05, 4.69) is 13.8 Å². The Hall–Kier alpha value is -0.0400. The molecule has 76 valence electrons. The SMILES string of the molecule is CCOCC1C(CC)CCC2CC21. The first-order chi connectivity index (χ1) is 6.36. The lowest BCUT2D eigenvalue weighted by atomic mass is 9.78. The van der Waals surface area contributed by atoms with Crippen LogP contribution in [0.5, 0.6) is 0 Å². The van der Waals surface area contributed by atoms with Crippen molar-refractivity contribution in [3.8, 4) is 0 Å². The summed E-state index contributed by atoms with van der Waals surface area (Å²) in [5, 5.41) is 0. The Labute approximate surface area is 81.9 Å². The molecule has 2 fully saturated rings. The summed E-state index contributed by atoms with van der Waals surface area (Å²) in [4.78, 5) is 0. The molecule has 0 aliphatic heterocycles. The van der Waals surface area contributed by atoms with Gasteiger partial charge in [-0.2, -0.15) is 0 Å². The van der Waals surface area contributed by atoms with E-state index >= 15 is 0 Å². The maximum Gasteiger partial charge on any atom is 0.0499 e. The molecular formula is C12H22O. The van der Waals surface area contributed by atoms with Crippen LogP contribution in [0.2, 0.25) is 0 Å². The average Bonchev–Trinajstić information content (AvgIpc) is 2.92. The van der Waals surface area contributed by atoms with Gasteiger partial charge in [-0.15, -0.1) is 0 Å². The Morgan fingerprint density at radius 1 is 1.23 bits per heavy atom. The molecule has 0 aromatic heterocycles. The Balaban J connectivity index is 1.87. The molecule has 0 heterocycles. The van der Waals surface area contributed by atoms with Crippen LogP contribution < -0.4 is 0 Å². The third-order valence-corrected chi connectivity index (χ3v) is 4.08. The van der Waals surface area contributed by atoms with Crippen molar-refractivity contribution < 1.29 is 4.74 Å². The maximum atomic E-state index is 5.60. The van der Waals surface area contributed by atoms with Crippen LogP contribution in [0.4, 0.5) is 0 Å². The topological polar surface area (TPSA) is 9.23 Å². The van der Waals surface area contributed by atoms with Crippen LogP contribution in [0.1, 0.15) is 39.5 Å². The molecule has 0 saturated heterocycles. The van der Waals surface area contributed by atoms with Crippen LogP contribution in [0, 0.1) is 23.7 Å². The van der Waals surface area contributed by atoms with Crippen LogP contribution in [-0.2, 0) is 4.74 Å². The molecule has 1 heteroatoms. The smallest absolute Gasteiger partial charge is 0.0499 e. The molecule has 0 N–H and O–H groups in total. The van der Waals surface area contributed by atoms with E-state index in [9.17, 15) is 0 Å². The third-order valence-electron chi connectivity index (χ3n) is 4.08. The first-order valence-electron chi connectivity index (χ1n) is 5.94. The Kier molecular flexibility index (Phi) is 2.92. The lowest BCUT2D eigenvalue weighted by molar-refractivity contribution is 0.0577. The molecule has 4 unspecified atom stereocenters. The van der Waals surface area contributed by atoms with E-state index in [1.807, 2.05) is 0 Å². The third kappa shape index (κ3) is 1.90. The van der Waals surface area contributed by atoms with Gasteiger partial charge in [-0.3, -0.25) is 0 Å². The molecule has 2 rings (SSSR count). The summed E-state index contributed by atoms with van der Waals surface area (Å²) >= 11 is 0. The molecule has 0 spiro atoms. The zero-order valence-electron chi connectivity index (χ0n) is 8.96. The van der Waals surface area contributed by atoms with Crippen LogP contribution in [0.25, 0.3) is 0 Å². The van der Waals surface area contributed by atoms with E-state index < -0.39 is 0 Å². The zero-order chi connectivity index (χ0) is 9.26. The summed E-state index contributed by atoms with van der Waals surface area (Å²) in [5.74, 6) is 4.01. The van der Waals surface area contributed by atoms with E-state index in [0.29, 0.717) is 0 Å². The van der Waals surface area contributed by atoms with Crippen molar-refractivity contribution in [1.82, 2.24) is 0 Å². The minimum Gasteiger partial charge on any atom is -0.381 e. The van der Waals surface area contributed by atoms with E-state index in [4.69, 9.17) is 4.74 Å². The van der Waals surface area contributed by atoms with Gasteiger partial charge in [-0.1, -0.05) is 13.3 Å². The van der Waals surface area contributed by atoms with Crippen molar-refractivity contribution in [3.63, 3.8) is 0 Å². The second-order valence-electron chi connectivity index (χ2n) is 4.73. The van der Waals surface area contributed by atoms with Crippen molar-refractivity contribution in [2.45, 2.75) is 39.5 Å². The number of hydrogen-bond donors (Lipinski definition) is 0. The number of fused-ring (bicyclic) bond motifs is 1. The first kappa shape index (κ1) is 9.51. The van der Waals surface area contributed by atoms with Crippen molar-refractivity contribution in [3.05, 3.63) is 0 Å². The summed E-state index contributed by atoms with van der Waals surface area (Å²) in [6, 6.07) is 0. The number of ether oxygens (including phenoxy) is 1. The maximum absolute atomic E-state index is 5.60. The van der Waals surface area contributed by atoms with Gasteiger partial charge >= 0.3 is 0 Å². The highest BCUT2D eigenvalue weighted by Crippen LogP contribution is 2.55. The highest BCUT2D eigenvalue weighted by molar-refractivity contribution is 4.97. The lowest BCUT2D eigenvalue weighted by Crippen LogP contribution is -2.26. The normalized spacial score (nSPS) is 42.9. The lowest BCUT2D eigenvalue weighted by Gasteiger charge is -2.30. The monoisotopic (exact) mass is 182 g/mol. The van der Waals surface area contributed by atoms with Crippen molar-refractivity contribution in [2.24, 2.45) is 23.7 Å². The van der Waals surface area contributed by atoms with Gasteiger partial charge in [0, 0.05) is 13.2 Å². The van der Waals surface area contributed by atoms with E-state index in [1.165, 1.54) is 25.7 Å². The van der Waals surface area contributed by atoms with Crippen LogP contribution in [0.3, 0.4) is 0 Å². The quantitative estimate of drug-likeness (QED) is 0.649. The fraction of sp³-hybridized carbons (Fsp3) is 1.00. The molecule has 0 amide bonds. The largest absolute Gasteiger partial charge is 0.381 e. The van der Waals surface area contributed by atoms with Crippen molar-refractivity contribution >= 4 is 0 Å². The summed E-state index contributed by atoms with van der Waals surface area (Å²) in [7, 11) is 0. The average molecular weight is 182 g/mol. The van der Waals surface area contributed by atoms with Gasteiger partial charge < -0.3 is 4.74 Å². The molecule has 0 radical (unpaired) electrons. The van der Waals surface area contributed by atoms with Gasteiger partial charge in [0.2, 0.25) is 0 Å². The fourth-order valence-electron chi connectivity index (χ4n) is 3.14. The van der Waals surface area contributed by atoms with Gasteiger partial charge in [0.15, 0.2) is 0 Å². The van der Waals surface area contributed by atoms with Gasteiger partial charge in [0.1, 0.15) is 0 Å². The molecule has 0 bridgehead atoms. The number of hydrogen-bond acceptors (Lipinski definition) is 1. The van der Waals surface area contributed by atoms with Gasteiger partial charge in [-0.25, -0.2) is 0 Å². The molecular weight excluding hydrogens is 160 g/mol. The summed E-state index contributed by atoms with van der Waals surface area (Å²) in [6.07, 6.45) is 5.84. The van der Waals surface area contributed by atoms with Gasteiger partial charge in [0.05, 0.1) is 0 Å². The van der Waals surface area contributed by atoms with E-state index in [0.717, 1.165) is 36.9 Å². The summed E-state index contributed by atoms with van der Waals surface area (Å²) < 4.78 is 5.60. The second kappa shape index (κ2) is 4.00. The molecule has 2 aliphatic rings. The molecule has 2 aliphatic carbocycles. The highest BCUT2D eigenvalue weighted by atomic mass is 16.5. The molecule has 0 aromatic carbocycles. The zero-order valence-corrected chi connectivity index (χ0v) is 8.96. The predicted molar refractivity (Wildman–Crippen MR) is 54.6 cm³/mol. The Morgan fingerprint density at radius 3 is 2.77 bits per heavy atom. The van der Waals surface area contributed by atoms with Crippen molar-refractivity contribution in [2.75, 3.05) is 13.2 Å². The minimum absolute atomic E-state index is 0.893. The highest BCUT2D eigenvalue weighted by Gasteiger charge is 2.48.